The number of anilines is 2. The van der Waals surface area contributed by atoms with Crippen molar-refractivity contribution in [3.05, 3.63) is 53.9 Å². The molecule has 1 fully saturated rings. The van der Waals surface area contributed by atoms with Crippen molar-refractivity contribution in [2.45, 2.75) is 32.1 Å². The molecule has 28 heavy (non-hydrogen) atoms. The van der Waals surface area contributed by atoms with E-state index in [-0.39, 0.29) is 11.8 Å². The van der Waals surface area contributed by atoms with E-state index in [0.717, 1.165) is 55.7 Å². The van der Waals surface area contributed by atoms with E-state index in [4.69, 9.17) is 0 Å². The molecule has 146 valence electrons. The zero-order chi connectivity index (χ0) is 19.3. The lowest BCUT2D eigenvalue weighted by Crippen LogP contribution is -2.28. The minimum atomic E-state index is -0.0365. The second kappa shape index (κ2) is 8.52. The number of amides is 2. The van der Waals surface area contributed by atoms with Crippen molar-refractivity contribution in [1.82, 2.24) is 10.3 Å². The van der Waals surface area contributed by atoms with Crippen molar-refractivity contribution in [2.75, 3.05) is 29.9 Å². The summed E-state index contributed by atoms with van der Waals surface area (Å²) in [5.41, 5.74) is 3.41. The molecule has 2 aliphatic rings. The van der Waals surface area contributed by atoms with E-state index in [0.29, 0.717) is 24.4 Å². The number of hydrogen-bond acceptors (Lipinski definition) is 4. The Morgan fingerprint density at radius 1 is 1.21 bits per heavy atom. The van der Waals surface area contributed by atoms with Gasteiger partial charge in [0.15, 0.2) is 0 Å². The molecule has 6 nitrogen and oxygen atoms in total. The van der Waals surface area contributed by atoms with Crippen LogP contribution in [-0.2, 0) is 11.2 Å². The van der Waals surface area contributed by atoms with Crippen LogP contribution in [0.3, 0.4) is 0 Å². The molecule has 3 heterocycles. The average Bonchev–Trinajstić information content (AvgIpc) is 3.16. The van der Waals surface area contributed by atoms with Crippen LogP contribution in [0.15, 0.2) is 42.7 Å². The van der Waals surface area contributed by atoms with Gasteiger partial charge in [-0.05, 0) is 80.6 Å². The number of carbonyl (C=O) groups is 2. The maximum Gasteiger partial charge on any atom is 0.259 e. The van der Waals surface area contributed by atoms with E-state index in [1.165, 1.54) is 0 Å². The summed E-state index contributed by atoms with van der Waals surface area (Å²) in [6.07, 6.45) is 7.88. The van der Waals surface area contributed by atoms with Crippen LogP contribution in [0.1, 0.15) is 41.6 Å². The van der Waals surface area contributed by atoms with Gasteiger partial charge in [-0.2, -0.15) is 0 Å². The van der Waals surface area contributed by atoms with Gasteiger partial charge in [0.1, 0.15) is 0 Å². The zero-order valence-corrected chi connectivity index (χ0v) is 16.0. The van der Waals surface area contributed by atoms with E-state index < -0.39 is 0 Å². The minimum Gasteiger partial charge on any atom is -0.326 e. The number of pyridine rings is 1. The highest BCUT2D eigenvalue weighted by atomic mass is 16.2. The minimum absolute atomic E-state index is 0.0365. The lowest BCUT2D eigenvalue weighted by molar-refractivity contribution is -0.116. The Labute approximate surface area is 165 Å². The number of benzene rings is 1. The fourth-order valence-corrected chi connectivity index (χ4v) is 4.06. The number of hydrogen-bond donors (Lipinski definition) is 2. The van der Waals surface area contributed by atoms with Crippen molar-refractivity contribution in [3.63, 3.8) is 0 Å². The summed E-state index contributed by atoms with van der Waals surface area (Å²) in [6.45, 7) is 2.77. The van der Waals surface area contributed by atoms with Gasteiger partial charge in [0.25, 0.3) is 5.91 Å². The highest BCUT2D eigenvalue weighted by molar-refractivity contribution is 6.07. The number of piperidine rings is 1. The van der Waals surface area contributed by atoms with Crippen molar-refractivity contribution in [2.24, 2.45) is 5.92 Å². The molecule has 0 unspecified atom stereocenters. The number of nitrogens with zero attached hydrogens (tertiary/aromatic N) is 2. The molecule has 0 aliphatic carbocycles. The molecule has 1 saturated heterocycles. The topological polar surface area (TPSA) is 74.3 Å². The number of rotatable bonds is 5. The third-order valence-corrected chi connectivity index (χ3v) is 5.65. The summed E-state index contributed by atoms with van der Waals surface area (Å²) >= 11 is 0. The molecule has 2 N–H and O–H groups in total. The molecule has 2 aromatic rings. The third kappa shape index (κ3) is 4.22. The van der Waals surface area contributed by atoms with Crippen molar-refractivity contribution < 1.29 is 9.59 Å². The average molecular weight is 378 g/mol. The first-order chi connectivity index (χ1) is 13.7. The number of carbonyl (C=O) groups excluding carboxylic acids is 2. The molecule has 1 aromatic heterocycles. The van der Waals surface area contributed by atoms with Crippen LogP contribution in [0.25, 0.3) is 0 Å². The van der Waals surface area contributed by atoms with Gasteiger partial charge >= 0.3 is 0 Å². The molecule has 0 saturated carbocycles. The molecular weight excluding hydrogens is 352 g/mol. The van der Waals surface area contributed by atoms with Gasteiger partial charge in [-0.25, -0.2) is 0 Å². The zero-order valence-electron chi connectivity index (χ0n) is 16.0. The predicted octanol–water partition coefficient (Wildman–Crippen LogP) is 3.00. The first-order valence-electron chi connectivity index (χ1n) is 10.1. The van der Waals surface area contributed by atoms with Crippen LogP contribution in [0.5, 0.6) is 0 Å². The fourth-order valence-electron chi connectivity index (χ4n) is 4.06. The van der Waals surface area contributed by atoms with Gasteiger partial charge in [0.05, 0.1) is 5.56 Å². The normalized spacial score (nSPS) is 16.6. The molecule has 4 rings (SSSR count). The molecule has 0 radical (unpaired) electrons. The van der Waals surface area contributed by atoms with Gasteiger partial charge in [-0.1, -0.05) is 0 Å². The van der Waals surface area contributed by atoms with E-state index >= 15 is 0 Å². The number of aromatic nitrogens is 1. The van der Waals surface area contributed by atoms with Crippen LogP contribution in [-0.4, -0.2) is 36.4 Å². The highest BCUT2D eigenvalue weighted by Crippen LogP contribution is 2.31. The molecule has 0 atom stereocenters. The molecule has 1 aromatic carbocycles. The van der Waals surface area contributed by atoms with Gasteiger partial charge in [-0.15, -0.1) is 0 Å². The first-order valence-corrected chi connectivity index (χ1v) is 10.1. The van der Waals surface area contributed by atoms with E-state index in [2.05, 4.69) is 15.6 Å². The predicted molar refractivity (Wildman–Crippen MR) is 110 cm³/mol. The quantitative estimate of drug-likeness (QED) is 0.839. The summed E-state index contributed by atoms with van der Waals surface area (Å²) in [7, 11) is 0. The monoisotopic (exact) mass is 378 g/mol. The third-order valence-electron chi connectivity index (χ3n) is 5.65. The van der Waals surface area contributed by atoms with Crippen molar-refractivity contribution >= 4 is 23.2 Å². The van der Waals surface area contributed by atoms with Crippen LogP contribution >= 0.6 is 0 Å². The number of nitrogens with one attached hydrogen (secondary N) is 2. The van der Waals surface area contributed by atoms with Gasteiger partial charge in [0.2, 0.25) is 5.91 Å². The Bertz CT molecular complexity index is 847. The lowest BCUT2D eigenvalue weighted by Gasteiger charge is -2.22. The van der Waals surface area contributed by atoms with Crippen LogP contribution in [0, 0.1) is 5.92 Å². The Kier molecular flexibility index (Phi) is 5.67. The molecule has 6 heteroatoms. The molecule has 0 spiro atoms. The maximum atomic E-state index is 12.7. The molecular formula is C22H26N4O2. The van der Waals surface area contributed by atoms with Gasteiger partial charge < -0.3 is 15.5 Å². The summed E-state index contributed by atoms with van der Waals surface area (Å²) in [6, 6.07) is 9.36. The first kappa shape index (κ1) is 18.6. The fraction of sp³-hybridized carbons (Fsp3) is 0.409. The SMILES string of the molecule is O=C(CCC1CCNCC1)Nc1ccc2c(c1)CCN2C(=O)c1cccnc1. The summed E-state index contributed by atoms with van der Waals surface area (Å²) in [5.74, 6) is 0.685. The smallest absolute Gasteiger partial charge is 0.259 e. The Morgan fingerprint density at radius 3 is 2.86 bits per heavy atom. The second-order valence-corrected chi connectivity index (χ2v) is 7.57. The van der Waals surface area contributed by atoms with E-state index in [1.54, 1.807) is 29.4 Å². The van der Waals surface area contributed by atoms with E-state index in [1.807, 2.05) is 18.2 Å². The summed E-state index contributed by atoms with van der Waals surface area (Å²) in [4.78, 5) is 30.9. The molecule has 2 aliphatic heterocycles. The van der Waals surface area contributed by atoms with Gasteiger partial charge in [0, 0.05) is 36.7 Å². The lowest BCUT2D eigenvalue weighted by atomic mass is 9.93. The van der Waals surface area contributed by atoms with Crippen LogP contribution in [0.4, 0.5) is 11.4 Å². The summed E-state index contributed by atoms with van der Waals surface area (Å²) in [5, 5.41) is 6.37. The van der Waals surface area contributed by atoms with Gasteiger partial charge in [-0.3, -0.25) is 14.6 Å². The van der Waals surface area contributed by atoms with Crippen molar-refractivity contribution in [1.29, 1.82) is 0 Å². The maximum absolute atomic E-state index is 12.7. The van der Waals surface area contributed by atoms with Crippen LogP contribution in [0.2, 0.25) is 0 Å². The molecule has 0 bridgehead atoms. The highest BCUT2D eigenvalue weighted by Gasteiger charge is 2.26. The Balaban J connectivity index is 1.36. The Hall–Kier alpha value is -2.73. The van der Waals surface area contributed by atoms with Crippen molar-refractivity contribution in [3.8, 4) is 0 Å². The Morgan fingerprint density at radius 2 is 2.07 bits per heavy atom. The second-order valence-electron chi connectivity index (χ2n) is 7.57. The van der Waals surface area contributed by atoms with E-state index in [9.17, 15) is 9.59 Å². The number of fused-ring (bicyclic) bond motifs is 1. The largest absolute Gasteiger partial charge is 0.326 e. The molecule has 2 amide bonds. The summed E-state index contributed by atoms with van der Waals surface area (Å²) < 4.78 is 0. The standard InChI is InChI=1S/C22H26N4O2/c27-21(6-3-16-7-11-23-12-8-16)25-19-4-5-20-17(14-19)9-13-26(20)22(28)18-2-1-10-24-15-18/h1-2,4-5,10,14-16,23H,3,6-9,11-13H2,(H,25,27). The van der Waals surface area contributed by atoms with Crippen LogP contribution < -0.4 is 15.5 Å².